The highest BCUT2D eigenvalue weighted by Gasteiger charge is 2.37. The SMILES string of the molecule is CC1CC(NC2CC[C@H](C(=O)NCc3cc(C(F)(F)F)cc(C(F)(F)F)c3)C2)CCO1. The van der Waals surface area contributed by atoms with Crippen LogP contribution >= 0.6 is 0 Å². The van der Waals surface area contributed by atoms with Gasteiger partial charge in [-0.1, -0.05) is 0 Å². The number of carbonyl (C=O) groups excluding carboxylic acids is 1. The summed E-state index contributed by atoms with van der Waals surface area (Å²) in [4.78, 5) is 12.5. The van der Waals surface area contributed by atoms with Gasteiger partial charge in [0.15, 0.2) is 0 Å². The zero-order valence-corrected chi connectivity index (χ0v) is 17.1. The van der Waals surface area contributed by atoms with Crippen LogP contribution in [-0.2, 0) is 28.4 Å². The molecular formula is C21H26F6N2O2. The molecule has 1 saturated heterocycles. The second kappa shape index (κ2) is 9.36. The van der Waals surface area contributed by atoms with Crippen LogP contribution in [0.25, 0.3) is 0 Å². The lowest BCUT2D eigenvalue weighted by Gasteiger charge is -2.30. The lowest BCUT2D eigenvalue weighted by atomic mass is 10.0. The summed E-state index contributed by atoms with van der Waals surface area (Å²) in [5.74, 6) is -0.668. The summed E-state index contributed by atoms with van der Waals surface area (Å²) in [6.45, 7) is 2.31. The average molecular weight is 452 g/mol. The summed E-state index contributed by atoms with van der Waals surface area (Å²) in [5, 5.41) is 6.05. The van der Waals surface area contributed by atoms with E-state index in [1.54, 1.807) is 0 Å². The summed E-state index contributed by atoms with van der Waals surface area (Å²) in [5.41, 5.74) is -3.01. The highest BCUT2D eigenvalue weighted by Crippen LogP contribution is 2.36. The van der Waals surface area contributed by atoms with E-state index in [-0.39, 0.29) is 35.6 Å². The van der Waals surface area contributed by atoms with Gasteiger partial charge in [0.2, 0.25) is 5.91 Å². The van der Waals surface area contributed by atoms with Gasteiger partial charge in [0, 0.05) is 31.2 Å². The standard InChI is InChI=1S/C21H26F6N2O2/c1-12-6-18(4-5-31-12)29-17-3-2-14(9-17)19(30)28-11-13-7-15(20(22,23)24)10-16(8-13)21(25,26)27/h7-8,10,12,14,17-18,29H,2-6,9,11H2,1H3,(H,28,30)/t12?,14-,17?,18?/m0/s1. The smallest absolute Gasteiger partial charge is 0.378 e. The van der Waals surface area contributed by atoms with Crippen molar-refractivity contribution in [1.82, 2.24) is 10.6 Å². The number of benzene rings is 1. The van der Waals surface area contributed by atoms with Gasteiger partial charge in [-0.3, -0.25) is 4.79 Å². The normalized spacial score (nSPS) is 27.3. The van der Waals surface area contributed by atoms with Crippen LogP contribution in [0.4, 0.5) is 26.3 Å². The number of rotatable bonds is 5. The molecule has 0 aromatic heterocycles. The quantitative estimate of drug-likeness (QED) is 0.639. The lowest BCUT2D eigenvalue weighted by molar-refractivity contribution is -0.143. The summed E-state index contributed by atoms with van der Waals surface area (Å²) >= 11 is 0. The van der Waals surface area contributed by atoms with E-state index in [1.165, 1.54) is 0 Å². The summed E-state index contributed by atoms with van der Waals surface area (Å²) in [6.07, 6.45) is -5.84. The average Bonchev–Trinajstić information content (AvgIpc) is 3.13. The zero-order chi connectivity index (χ0) is 22.8. The molecule has 1 amide bonds. The van der Waals surface area contributed by atoms with E-state index in [1.807, 2.05) is 6.92 Å². The molecule has 4 nitrogen and oxygen atoms in total. The van der Waals surface area contributed by atoms with Crippen molar-refractivity contribution >= 4 is 5.91 Å². The molecule has 1 aromatic carbocycles. The Labute approximate surface area is 176 Å². The van der Waals surface area contributed by atoms with Crippen molar-refractivity contribution in [3.05, 3.63) is 34.9 Å². The fourth-order valence-electron chi connectivity index (χ4n) is 4.31. The number of nitrogens with one attached hydrogen (secondary N) is 2. The minimum Gasteiger partial charge on any atom is -0.378 e. The zero-order valence-electron chi connectivity index (χ0n) is 17.1. The third kappa shape index (κ3) is 6.58. The van der Waals surface area contributed by atoms with Crippen LogP contribution < -0.4 is 10.6 Å². The fourth-order valence-corrected chi connectivity index (χ4v) is 4.31. The van der Waals surface area contributed by atoms with Crippen molar-refractivity contribution in [3.8, 4) is 0 Å². The first-order valence-corrected chi connectivity index (χ1v) is 10.4. The molecule has 2 N–H and O–H groups in total. The number of hydrogen-bond acceptors (Lipinski definition) is 3. The van der Waals surface area contributed by atoms with Gasteiger partial charge in [-0.2, -0.15) is 26.3 Å². The fraction of sp³-hybridized carbons (Fsp3) is 0.667. The molecular weight excluding hydrogens is 426 g/mol. The molecule has 4 atom stereocenters. The van der Waals surface area contributed by atoms with Gasteiger partial charge in [0.25, 0.3) is 0 Å². The van der Waals surface area contributed by atoms with E-state index in [4.69, 9.17) is 4.74 Å². The molecule has 31 heavy (non-hydrogen) atoms. The van der Waals surface area contributed by atoms with Crippen molar-refractivity contribution < 1.29 is 35.9 Å². The van der Waals surface area contributed by atoms with Crippen molar-refractivity contribution in [3.63, 3.8) is 0 Å². The number of alkyl halides is 6. The summed E-state index contributed by atoms with van der Waals surface area (Å²) in [7, 11) is 0. The Bertz CT molecular complexity index is 748. The number of halogens is 6. The van der Waals surface area contributed by atoms with Crippen LogP contribution in [0.15, 0.2) is 18.2 Å². The maximum absolute atomic E-state index is 13.0. The van der Waals surface area contributed by atoms with Crippen molar-refractivity contribution in [1.29, 1.82) is 0 Å². The highest BCUT2D eigenvalue weighted by molar-refractivity contribution is 5.79. The molecule has 2 aliphatic rings. The molecule has 3 rings (SSSR count). The summed E-state index contributed by atoms with van der Waals surface area (Å²) in [6, 6.07) is 1.84. The Morgan fingerprint density at radius 3 is 2.16 bits per heavy atom. The van der Waals surface area contributed by atoms with E-state index in [0.717, 1.165) is 19.3 Å². The van der Waals surface area contributed by atoms with Crippen molar-refractivity contribution in [2.45, 2.75) is 76.1 Å². The van der Waals surface area contributed by atoms with Crippen LogP contribution in [0.5, 0.6) is 0 Å². The van der Waals surface area contributed by atoms with Crippen LogP contribution in [-0.4, -0.2) is 30.7 Å². The number of hydrogen-bond donors (Lipinski definition) is 2. The largest absolute Gasteiger partial charge is 0.416 e. The van der Waals surface area contributed by atoms with Crippen molar-refractivity contribution in [2.75, 3.05) is 6.61 Å². The molecule has 1 heterocycles. The molecule has 174 valence electrons. The number of carbonyl (C=O) groups is 1. The minimum absolute atomic E-state index is 0.0791. The molecule has 0 radical (unpaired) electrons. The van der Waals surface area contributed by atoms with Crippen LogP contribution in [0.3, 0.4) is 0 Å². The first-order chi connectivity index (χ1) is 14.4. The topological polar surface area (TPSA) is 50.4 Å². The molecule has 10 heteroatoms. The van der Waals surface area contributed by atoms with E-state index in [0.29, 0.717) is 37.6 Å². The first-order valence-electron chi connectivity index (χ1n) is 10.4. The maximum atomic E-state index is 13.0. The minimum atomic E-state index is -4.91. The predicted molar refractivity (Wildman–Crippen MR) is 101 cm³/mol. The second-order valence-corrected chi connectivity index (χ2v) is 8.41. The molecule has 0 spiro atoms. The van der Waals surface area contributed by atoms with Gasteiger partial charge in [0.05, 0.1) is 17.2 Å². The Morgan fingerprint density at radius 1 is 0.968 bits per heavy atom. The number of ether oxygens (including phenoxy) is 1. The molecule has 0 bridgehead atoms. The van der Waals surface area contributed by atoms with Gasteiger partial charge in [0.1, 0.15) is 0 Å². The third-order valence-electron chi connectivity index (χ3n) is 5.87. The Kier molecular flexibility index (Phi) is 7.20. The Hall–Kier alpha value is -1.81. The van der Waals surface area contributed by atoms with E-state index < -0.39 is 30.0 Å². The predicted octanol–water partition coefficient (Wildman–Crippen LogP) is 4.67. The van der Waals surface area contributed by atoms with Gasteiger partial charge in [-0.15, -0.1) is 0 Å². The Morgan fingerprint density at radius 2 is 1.58 bits per heavy atom. The monoisotopic (exact) mass is 452 g/mol. The maximum Gasteiger partial charge on any atom is 0.416 e. The van der Waals surface area contributed by atoms with Gasteiger partial charge >= 0.3 is 12.4 Å². The number of amides is 1. The van der Waals surface area contributed by atoms with E-state index >= 15 is 0 Å². The van der Waals surface area contributed by atoms with Crippen molar-refractivity contribution in [2.24, 2.45) is 5.92 Å². The molecule has 1 aromatic rings. The van der Waals surface area contributed by atoms with Crippen LogP contribution in [0.2, 0.25) is 0 Å². The highest BCUT2D eigenvalue weighted by atomic mass is 19.4. The van der Waals surface area contributed by atoms with E-state index in [2.05, 4.69) is 10.6 Å². The van der Waals surface area contributed by atoms with Gasteiger partial charge in [-0.25, -0.2) is 0 Å². The van der Waals surface area contributed by atoms with Gasteiger partial charge in [-0.05, 0) is 62.8 Å². The first kappa shape index (κ1) is 23.8. The molecule has 1 aliphatic heterocycles. The molecule has 1 saturated carbocycles. The lowest BCUT2D eigenvalue weighted by Crippen LogP contribution is -2.43. The molecule has 2 fully saturated rings. The Balaban J connectivity index is 1.57. The molecule has 3 unspecified atom stereocenters. The molecule has 1 aliphatic carbocycles. The van der Waals surface area contributed by atoms with E-state index in [9.17, 15) is 31.1 Å². The second-order valence-electron chi connectivity index (χ2n) is 8.41. The van der Waals surface area contributed by atoms with Crippen LogP contribution in [0, 0.1) is 5.92 Å². The van der Waals surface area contributed by atoms with Gasteiger partial charge < -0.3 is 15.4 Å². The van der Waals surface area contributed by atoms with Crippen LogP contribution in [0.1, 0.15) is 55.7 Å². The summed E-state index contributed by atoms with van der Waals surface area (Å²) < 4.78 is 83.3. The third-order valence-corrected chi connectivity index (χ3v) is 5.87.